The van der Waals surface area contributed by atoms with Crippen molar-refractivity contribution in [2.75, 3.05) is 7.11 Å². The number of aldehydes is 1. The van der Waals surface area contributed by atoms with Gasteiger partial charge in [0.05, 0.1) is 12.7 Å². The zero-order valence-electron chi connectivity index (χ0n) is 8.50. The van der Waals surface area contributed by atoms with Crippen molar-refractivity contribution in [1.29, 1.82) is 0 Å². The van der Waals surface area contributed by atoms with Crippen molar-refractivity contribution < 1.29 is 13.9 Å². The Kier molecular flexibility index (Phi) is 2.89. The second-order valence-electron chi connectivity index (χ2n) is 3.52. The van der Waals surface area contributed by atoms with Crippen LogP contribution in [0.3, 0.4) is 0 Å². The number of alkyl halides is 1. The van der Waals surface area contributed by atoms with Gasteiger partial charge in [-0.3, -0.25) is 4.79 Å². The predicted molar refractivity (Wildman–Crippen MR) is 52.5 cm³/mol. The Morgan fingerprint density at radius 1 is 1.43 bits per heavy atom. The molecule has 0 aliphatic rings. The summed E-state index contributed by atoms with van der Waals surface area (Å²) in [5.74, 6) is 0.315. The first-order chi connectivity index (χ1) is 6.50. The zero-order chi connectivity index (χ0) is 10.8. The van der Waals surface area contributed by atoms with Gasteiger partial charge in [-0.15, -0.1) is 0 Å². The molecule has 0 radical (unpaired) electrons. The molecule has 0 aromatic heterocycles. The minimum Gasteiger partial charge on any atom is -0.496 e. The minimum atomic E-state index is -1.51. The first-order valence-corrected chi connectivity index (χ1v) is 4.32. The van der Waals surface area contributed by atoms with Crippen molar-refractivity contribution >= 4 is 6.29 Å². The third-order valence-electron chi connectivity index (χ3n) is 2.02. The van der Waals surface area contributed by atoms with Gasteiger partial charge < -0.3 is 4.74 Å². The second kappa shape index (κ2) is 3.78. The Morgan fingerprint density at radius 3 is 2.50 bits per heavy atom. The van der Waals surface area contributed by atoms with Gasteiger partial charge in [-0.2, -0.15) is 0 Å². The molecule has 0 atom stereocenters. The molecular formula is C11H13FO2. The molecule has 1 aromatic rings. The normalized spacial score (nSPS) is 11.1. The molecule has 1 rings (SSSR count). The molecule has 0 fully saturated rings. The van der Waals surface area contributed by atoms with Gasteiger partial charge in [-0.05, 0) is 19.9 Å². The molecule has 0 amide bonds. The third-order valence-corrected chi connectivity index (χ3v) is 2.02. The molecule has 0 heterocycles. The van der Waals surface area contributed by atoms with Gasteiger partial charge in [0.1, 0.15) is 11.4 Å². The molecule has 0 unspecified atom stereocenters. The first kappa shape index (κ1) is 10.7. The van der Waals surface area contributed by atoms with E-state index in [4.69, 9.17) is 4.74 Å². The van der Waals surface area contributed by atoms with Crippen molar-refractivity contribution in [2.45, 2.75) is 19.5 Å². The molecule has 0 N–H and O–H groups in total. The van der Waals surface area contributed by atoms with E-state index in [2.05, 4.69) is 0 Å². The third kappa shape index (κ3) is 1.92. The Labute approximate surface area is 82.7 Å². The highest BCUT2D eigenvalue weighted by atomic mass is 19.1. The summed E-state index contributed by atoms with van der Waals surface area (Å²) in [6.45, 7) is 2.86. The van der Waals surface area contributed by atoms with E-state index in [1.54, 1.807) is 18.2 Å². The quantitative estimate of drug-likeness (QED) is 0.695. The number of halogens is 1. The fraction of sp³-hybridized carbons (Fsp3) is 0.364. The van der Waals surface area contributed by atoms with E-state index >= 15 is 0 Å². The Hall–Kier alpha value is -1.38. The maximum Gasteiger partial charge on any atom is 0.153 e. The molecule has 0 spiro atoms. The molecule has 0 aliphatic heterocycles. The van der Waals surface area contributed by atoms with Gasteiger partial charge >= 0.3 is 0 Å². The molecule has 14 heavy (non-hydrogen) atoms. The van der Waals surface area contributed by atoms with E-state index in [9.17, 15) is 9.18 Å². The molecule has 2 nitrogen and oxygen atoms in total. The molecule has 0 aliphatic carbocycles. The Morgan fingerprint density at radius 2 is 2.07 bits per heavy atom. The van der Waals surface area contributed by atoms with Crippen molar-refractivity contribution in [2.24, 2.45) is 0 Å². The average molecular weight is 196 g/mol. The predicted octanol–water partition coefficient (Wildman–Crippen LogP) is 2.71. The highest BCUT2D eigenvalue weighted by Gasteiger charge is 2.24. The molecule has 0 saturated heterocycles. The smallest absolute Gasteiger partial charge is 0.153 e. The molecule has 0 bridgehead atoms. The van der Waals surface area contributed by atoms with Crippen molar-refractivity contribution in [1.82, 2.24) is 0 Å². The van der Waals surface area contributed by atoms with Gasteiger partial charge in [-0.1, -0.05) is 12.1 Å². The van der Waals surface area contributed by atoms with Crippen LogP contribution in [0.2, 0.25) is 0 Å². The van der Waals surface area contributed by atoms with Crippen LogP contribution in [0.1, 0.15) is 29.8 Å². The monoisotopic (exact) mass is 196 g/mol. The molecule has 3 heteroatoms. The average Bonchev–Trinajstić information content (AvgIpc) is 2.15. The zero-order valence-corrected chi connectivity index (χ0v) is 8.50. The van der Waals surface area contributed by atoms with Crippen LogP contribution in [0.4, 0.5) is 4.39 Å². The maximum atomic E-state index is 13.7. The highest BCUT2D eigenvalue weighted by Crippen LogP contribution is 2.34. The van der Waals surface area contributed by atoms with Crippen molar-refractivity contribution in [3.05, 3.63) is 29.3 Å². The topological polar surface area (TPSA) is 26.3 Å². The fourth-order valence-electron chi connectivity index (χ4n) is 1.34. The number of carbonyl (C=O) groups is 1. The highest BCUT2D eigenvalue weighted by molar-refractivity contribution is 5.80. The summed E-state index contributed by atoms with van der Waals surface area (Å²) in [6.07, 6.45) is 0.661. The summed E-state index contributed by atoms with van der Waals surface area (Å²) in [5.41, 5.74) is -0.745. The van der Waals surface area contributed by atoms with Crippen LogP contribution in [-0.4, -0.2) is 13.4 Å². The number of methoxy groups -OCH3 is 1. The molecule has 1 aromatic carbocycles. The summed E-state index contributed by atoms with van der Waals surface area (Å²) < 4.78 is 18.7. The van der Waals surface area contributed by atoms with Crippen LogP contribution in [0.5, 0.6) is 5.75 Å². The standard InChI is InChI=1S/C11H13FO2/c1-11(2,12)9-6-4-5-8(7-13)10(9)14-3/h4-7H,1-3H3. The van der Waals surface area contributed by atoms with Gasteiger partial charge in [0.15, 0.2) is 6.29 Å². The summed E-state index contributed by atoms with van der Waals surface area (Å²) in [7, 11) is 1.43. The number of rotatable bonds is 3. The summed E-state index contributed by atoms with van der Waals surface area (Å²) in [5, 5.41) is 0. The van der Waals surface area contributed by atoms with Gasteiger partial charge in [0, 0.05) is 5.56 Å². The number of para-hydroxylation sites is 1. The van der Waals surface area contributed by atoms with E-state index in [1.165, 1.54) is 21.0 Å². The number of benzene rings is 1. The van der Waals surface area contributed by atoms with Crippen molar-refractivity contribution in [3.8, 4) is 5.75 Å². The number of ether oxygens (including phenoxy) is 1. The van der Waals surface area contributed by atoms with E-state index in [0.717, 1.165) is 0 Å². The minimum absolute atomic E-state index is 0.315. The second-order valence-corrected chi connectivity index (χ2v) is 3.52. The summed E-state index contributed by atoms with van der Waals surface area (Å²) >= 11 is 0. The van der Waals surface area contributed by atoms with Crippen LogP contribution in [0.15, 0.2) is 18.2 Å². The van der Waals surface area contributed by atoms with Crippen LogP contribution in [0.25, 0.3) is 0 Å². The van der Waals surface area contributed by atoms with Crippen LogP contribution < -0.4 is 4.74 Å². The number of carbonyl (C=O) groups excluding carboxylic acids is 1. The molecular weight excluding hydrogens is 183 g/mol. The van der Waals surface area contributed by atoms with Gasteiger partial charge in [-0.25, -0.2) is 4.39 Å². The van der Waals surface area contributed by atoms with E-state index in [1.807, 2.05) is 0 Å². The summed E-state index contributed by atoms with van der Waals surface area (Å²) in [4.78, 5) is 10.7. The van der Waals surface area contributed by atoms with Gasteiger partial charge in [0.2, 0.25) is 0 Å². The lowest BCUT2D eigenvalue weighted by molar-refractivity contribution is 0.112. The molecule has 76 valence electrons. The number of hydrogen-bond donors (Lipinski definition) is 0. The summed E-state index contributed by atoms with van der Waals surface area (Å²) in [6, 6.07) is 4.86. The van der Waals surface area contributed by atoms with E-state index < -0.39 is 5.67 Å². The number of hydrogen-bond acceptors (Lipinski definition) is 2. The fourth-order valence-corrected chi connectivity index (χ4v) is 1.34. The van der Waals surface area contributed by atoms with E-state index in [-0.39, 0.29) is 0 Å². The van der Waals surface area contributed by atoms with Crippen LogP contribution in [0, 0.1) is 0 Å². The Bertz CT molecular complexity index is 340. The van der Waals surface area contributed by atoms with Gasteiger partial charge in [0.25, 0.3) is 0 Å². The van der Waals surface area contributed by atoms with Crippen LogP contribution in [-0.2, 0) is 5.67 Å². The van der Waals surface area contributed by atoms with Crippen LogP contribution >= 0.6 is 0 Å². The van der Waals surface area contributed by atoms with Crippen molar-refractivity contribution in [3.63, 3.8) is 0 Å². The largest absolute Gasteiger partial charge is 0.496 e. The maximum absolute atomic E-state index is 13.7. The van der Waals surface area contributed by atoms with E-state index in [0.29, 0.717) is 23.2 Å². The lowest BCUT2D eigenvalue weighted by atomic mass is 9.97. The Balaban J connectivity index is 3.36. The molecule has 0 saturated carbocycles. The lowest BCUT2D eigenvalue weighted by Gasteiger charge is -2.19. The SMILES string of the molecule is COc1c(C=O)cccc1C(C)(C)F. The lowest BCUT2D eigenvalue weighted by Crippen LogP contribution is -2.12. The first-order valence-electron chi connectivity index (χ1n) is 4.32.